The molecule has 0 saturated carbocycles. The molecule has 2 N–H and O–H groups in total. The summed E-state index contributed by atoms with van der Waals surface area (Å²) in [6.07, 6.45) is 0. The molecule has 104 valence electrons. The maximum Gasteiger partial charge on any atom is 0.254 e. The number of benzene rings is 1. The number of hydrogen-bond acceptors (Lipinski definition) is 3. The van der Waals surface area contributed by atoms with E-state index >= 15 is 0 Å². The Labute approximate surface area is 111 Å². The van der Waals surface area contributed by atoms with Crippen LogP contribution in [-0.2, 0) is 9.53 Å². The Morgan fingerprint density at radius 2 is 2.05 bits per heavy atom. The average Bonchev–Trinajstić information content (AvgIpc) is 2.39. The van der Waals surface area contributed by atoms with E-state index < -0.39 is 17.8 Å². The molecule has 6 heteroatoms. The molecule has 5 nitrogen and oxygen atoms in total. The van der Waals surface area contributed by atoms with E-state index in [0.717, 1.165) is 0 Å². The van der Waals surface area contributed by atoms with Crippen molar-refractivity contribution in [2.75, 3.05) is 20.3 Å². The smallest absolute Gasteiger partial charge is 0.254 e. The first-order valence-electron chi connectivity index (χ1n) is 5.88. The molecule has 0 aliphatic rings. The van der Waals surface area contributed by atoms with Crippen molar-refractivity contribution in [3.63, 3.8) is 0 Å². The summed E-state index contributed by atoms with van der Waals surface area (Å²) in [5.41, 5.74) is -0.0842. The van der Waals surface area contributed by atoms with E-state index in [1.54, 1.807) is 6.07 Å². The number of nitrogens with one attached hydrogen (secondary N) is 2. The summed E-state index contributed by atoms with van der Waals surface area (Å²) < 4.78 is 18.1. The van der Waals surface area contributed by atoms with Crippen LogP contribution >= 0.6 is 0 Å². The van der Waals surface area contributed by atoms with E-state index in [4.69, 9.17) is 4.74 Å². The molecule has 0 fully saturated rings. The number of rotatable bonds is 6. The van der Waals surface area contributed by atoms with E-state index in [2.05, 4.69) is 10.6 Å². The summed E-state index contributed by atoms with van der Waals surface area (Å²) >= 11 is 0. The van der Waals surface area contributed by atoms with Gasteiger partial charge in [0.1, 0.15) is 11.9 Å². The Bertz CT molecular complexity index is 451. The second-order valence-electron chi connectivity index (χ2n) is 3.96. The number of methoxy groups -OCH3 is 1. The zero-order valence-corrected chi connectivity index (χ0v) is 10.9. The van der Waals surface area contributed by atoms with Crippen molar-refractivity contribution >= 4 is 11.8 Å². The highest BCUT2D eigenvalue weighted by Crippen LogP contribution is 2.06. The molecule has 0 heterocycles. The Morgan fingerprint density at radius 3 is 2.68 bits per heavy atom. The van der Waals surface area contributed by atoms with Gasteiger partial charge in [-0.25, -0.2) is 4.39 Å². The minimum absolute atomic E-state index is 0.0842. The van der Waals surface area contributed by atoms with Gasteiger partial charge in [0.25, 0.3) is 5.91 Å². The largest absolute Gasteiger partial charge is 0.383 e. The highest BCUT2D eigenvalue weighted by atomic mass is 19.1. The monoisotopic (exact) mass is 268 g/mol. The van der Waals surface area contributed by atoms with Crippen molar-refractivity contribution in [2.45, 2.75) is 13.0 Å². The van der Waals surface area contributed by atoms with Crippen molar-refractivity contribution in [2.24, 2.45) is 0 Å². The minimum atomic E-state index is -0.746. The third-order valence-electron chi connectivity index (χ3n) is 2.46. The van der Waals surface area contributed by atoms with Gasteiger partial charge in [0.15, 0.2) is 0 Å². The maximum absolute atomic E-state index is 13.4. The molecule has 1 aromatic rings. The molecule has 19 heavy (non-hydrogen) atoms. The van der Waals surface area contributed by atoms with Gasteiger partial charge >= 0.3 is 0 Å². The fourth-order valence-corrected chi connectivity index (χ4v) is 1.41. The molecule has 0 aromatic heterocycles. The highest BCUT2D eigenvalue weighted by Gasteiger charge is 2.17. The molecule has 0 aliphatic carbocycles. The number of carbonyl (C=O) groups is 2. The lowest BCUT2D eigenvalue weighted by Gasteiger charge is -2.14. The van der Waals surface area contributed by atoms with E-state index in [9.17, 15) is 14.0 Å². The summed E-state index contributed by atoms with van der Waals surface area (Å²) in [6.45, 7) is 2.27. The second-order valence-corrected chi connectivity index (χ2v) is 3.96. The zero-order valence-electron chi connectivity index (χ0n) is 10.9. The number of amides is 2. The molecular formula is C13H17FN2O3. The van der Waals surface area contributed by atoms with Crippen molar-refractivity contribution in [1.82, 2.24) is 10.6 Å². The lowest BCUT2D eigenvalue weighted by Crippen LogP contribution is -2.45. The topological polar surface area (TPSA) is 67.4 Å². The molecule has 2 amide bonds. The van der Waals surface area contributed by atoms with Gasteiger partial charge in [0.2, 0.25) is 5.91 Å². The molecule has 1 unspecified atom stereocenters. The average molecular weight is 268 g/mol. The lowest BCUT2D eigenvalue weighted by atomic mass is 10.2. The van der Waals surface area contributed by atoms with Crippen LogP contribution < -0.4 is 10.6 Å². The number of halogens is 1. The molecule has 0 bridgehead atoms. The molecule has 1 aromatic carbocycles. The summed E-state index contributed by atoms with van der Waals surface area (Å²) in [6, 6.07) is 4.86. The molecular weight excluding hydrogens is 251 g/mol. The predicted octanol–water partition coefficient (Wildman–Crippen LogP) is 0.707. The van der Waals surface area contributed by atoms with Gasteiger partial charge in [-0.05, 0) is 19.1 Å². The van der Waals surface area contributed by atoms with Gasteiger partial charge in [-0.3, -0.25) is 9.59 Å². The molecule has 0 radical (unpaired) electrons. The summed E-state index contributed by atoms with van der Waals surface area (Å²) in [5.74, 6) is -1.58. The van der Waals surface area contributed by atoms with Crippen LogP contribution in [0.15, 0.2) is 24.3 Å². The SMILES string of the molecule is COCCNC(=O)C(C)NC(=O)c1ccccc1F. The Kier molecular flexibility index (Phi) is 5.95. The minimum Gasteiger partial charge on any atom is -0.383 e. The third kappa shape index (κ3) is 4.67. The van der Waals surface area contributed by atoms with Gasteiger partial charge in [0.05, 0.1) is 12.2 Å². The Morgan fingerprint density at radius 1 is 1.37 bits per heavy atom. The quantitative estimate of drug-likeness (QED) is 0.747. The van der Waals surface area contributed by atoms with Crippen LogP contribution in [0.3, 0.4) is 0 Å². The van der Waals surface area contributed by atoms with Crippen molar-refractivity contribution in [3.05, 3.63) is 35.6 Å². The van der Waals surface area contributed by atoms with Gasteiger partial charge in [-0.15, -0.1) is 0 Å². The van der Waals surface area contributed by atoms with Crippen LogP contribution in [0.1, 0.15) is 17.3 Å². The number of carbonyl (C=O) groups excluding carboxylic acids is 2. The fraction of sp³-hybridized carbons (Fsp3) is 0.385. The molecule has 0 spiro atoms. The van der Waals surface area contributed by atoms with E-state index in [-0.39, 0.29) is 11.5 Å². The first kappa shape index (κ1) is 15.1. The Hall–Kier alpha value is -1.95. The number of hydrogen-bond donors (Lipinski definition) is 2. The Balaban J connectivity index is 2.52. The van der Waals surface area contributed by atoms with E-state index in [1.807, 2.05) is 0 Å². The molecule has 0 aliphatic heterocycles. The first-order chi connectivity index (χ1) is 9.06. The highest BCUT2D eigenvalue weighted by molar-refractivity contribution is 5.97. The molecule has 1 atom stereocenters. The van der Waals surface area contributed by atoms with Gasteiger partial charge in [-0.1, -0.05) is 12.1 Å². The van der Waals surface area contributed by atoms with Gasteiger partial charge in [-0.2, -0.15) is 0 Å². The van der Waals surface area contributed by atoms with Crippen LogP contribution in [0.4, 0.5) is 4.39 Å². The van der Waals surface area contributed by atoms with E-state index in [1.165, 1.54) is 32.2 Å². The molecule has 0 saturated heterocycles. The summed E-state index contributed by atoms with van der Waals surface area (Å²) in [7, 11) is 1.52. The van der Waals surface area contributed by atoms with Crippen molar-refractivity contribution in [1.29, 1.82) is 0 Å². The fourth-order valence-electron chi connectivity index (χ4n) is 1.41. The van der Waals surface area contributed by atoms with Gasteiger partial charge in [0, 0.05) is 13.7 Å². The van der Waals surface area contributed by atoms with Crippen molar-refractivity contribution in [3.8, 4) is 0 Å². The molecule has 1 rings (SSSR count). The number of ether oxygens (including phenoxy) is 1. The lowest BCUT2D eigenvalue weighted by molar-refractivity contribution is -0.122. The second kappa shape index (κ2) is 7.48. The third-order valence-corrected chi connectivity index (χ3v) is 2.46. The first-order valence-corrected chi connectivity index (χ1v) is 5.88. The van der Waals surface area contributed by atoms with Crippen molar-refractivity contribution < 1.29 is 18.7 Å². The standard InChI is InChI=1S/C13H17FN2O3/c1-9(12(17)15-7-8-19-2)16-13(18)10-5-3-4-6-11(10)14/h3-6,9H,7-8H2,1-2H3,(H,15,17)(H,16,18). The van der Waals surface area contributed by atoms with Crippen LogP contribution in [0, 0.1) is 5.82 Å². The zero-order chi connectivity index (χ0) is 14.3. The van der Waals surface area contributed by atoms with Crippen LogP contribution in [0.2, 0.25) is 0 Å². The van der Waals surface area contributed by atoms with Crippen LogP contribution in [-0.4, -0.2) is 38.1 Å². The summed E-state index contributed by atoms with van der Waals surface area (Å²) in [4.78, 5) is 23.3. The van der Waals surface area contributed by atoms with Crippen LogP contribution in [0.5, 0.6) is 0 Å². The summed E-state index contributed by atoms with van der Waals surface area (Å²) in [5, 5.41) is 5.01. The predicted molar refractivity (Wildman–Crippen MR) is 68.2 cm³/mol. The van der Waals surface area contributed by atoms with Gasteiger partial charge < -0.3 is 15.4 Å². The normalized spacial score (nSPS) is 11.7. The van der Waals surface area contributed by atoms with E-state index in [0.29, 0.717) is 13.2 Å². The van der Waals surface area contributed by atoms with Crippen LogP contribution in [0.25, 0.3) is 0 Å². The maximum atomic E-state index is 13.4.